The molecular weight excluding hydrogens is 374 g/mol. The number of nitrogens with one attached hydrogen (secondary N) is 1. The van der Waals surface area contributed by atoms with Crippen molar-refractivity contribution in [3.05, 3.63) is 19.2 Å². The minimum Gasteiger partial charge on any atom is -0.481 e. The van der Waals surface area contributed by atoms with E-state index >= 15 is 0 Å². The Labute approximate surface area is 120 Å². The topological polar surface area (TPSA) is 66.4 Å². The van der Waals surface area contributed by atoms with E-state index in [2.05, 4.69) is 37.2 Å². The molecule has 4 nitrogen and oxygen atoms in total. The molecule has 0 saturated heterocycles. The van der Waals surface area contributed by atoms with Crippen LogP contribution >= 0.6 is 43.2 Å². The standard InChI is InChI=1S/C10H11Br2NO3S/c1-10(2,9(15)16)4-13-8(14)6-3-5(11)7(12)17-6/h3H,4H2,1-2H3,(H,13,14)(H,15,16). The highest BCUT2D eigenvalue weighted by molar-refractivity contribution is 9.13. The molecule has 2 N–H and O–H groups in total. The number of halogens is 2. The molecule has 94 valence electrons. The van der Waals surface area contributed by atoms with Gasteiger partial charge in [0, 0.05) is 11.0 Å². The zero-order valence-electron chi connectivity index (χ0n) is 9.21. The second-order valence-electron chi connectivity index (χ2n) is 4.10. The fraction of sp³-hybridized carbons (Fsp3) is 0.400. The largest absolute Gasteiger partial charge is 0.481 e. The van der Waals surface area contributed by atoms with Crippen LogP contribution in [0, 0.1) is 5.41 Å². The summed E-state index contributed by atoms with van der Waals surface area (Å²) in [5, 5.41) is 11.5. The minimum atomic E-state index is -0.971. The van der Waals surface area contributed by atoms with Crippen molar-refractivity contribution >= 4 is 55.1 Å². The van der Waals surface area contributed by atoms with Crippen molar-refractivity contribution in [3.8, 4) is 0 Å². The number of rotatable bonds is 4. The molecule has 1 aromatic rings. The van der Waals surface area contributed by atoms with Gasteiger partial charge < -0.3 is 10.4 Å². The molecule has 7 heteroatoms. The second kappa shape index (κ2) is 5.49. The molecule has 0 aliphatic carbocycles. The number of thiophene rings is 1. The second-order valence-corrected chi connectivity index (χ2v) is 7.33. The van der Waals surface area contributed by atoms with Crippen molar-refractivity contribution in [2.75, 3.05) is 6.54 Å². The summed E-state index contributed by atoms with van der Waals surface area (Å²) < 4.78 is 1.64. The SMILES string of the molecule is CC(C)(CNC(=O)c1cc(Br)c(Br)s1)C(=O)O. The lowest BCUT2D eigenvalue weighted by Gasteiger charge is -2.19. The van der Waals surface area contributed by atoms with Crippen molar-refractivity contribution in [3.63, 3.8) is 0 Å². The molecule has 1 rings (SSSR count). The number of amides is 1. The summed E-state index contributed by atoms with van der Waals surface area (Å²) in [4.78, 5) is 23.1. The molecule has 0 unspecified atom stereocenters. The molecule has 0 spiro atoms. The average molecular weight is 385 g/mol. The Morgan fingerprint density at radius 1 is 1.47 bits per heavy atom. The van der Waals surface area contributed by atoms with Crippen LogP contribution in [0.5, 0.6) is 0 Å². The van der Waals surface area contributed by atoms with Gasteiger partial charge in [0.15, 0.2) is 0 Å². The molecule has 1 heterocycles. The Kier molecular flexibility index (Phi) is 4.74. The van der Waals surface area contributed by atoms with Gasteiger partial charge in [-0.15, -0.1) is 11.3 Å². The van der Waals surface area contributed by atoms with Gasteiger partial charge in [0.05, 0.1) is 14.1 Å². The maximum atomic E-state index is 11.7. The Balaban J connectivity index is 2.65. The molecule has 0 saturated carbocycles. The molecule has 0 bridgehead atoms. The summed E-state index contributed by atoms with van der Waals surface area (Å²) in [5.41, 5.74) is -0.971. The lowest BCUT2D eigenvalue weighted by molar-refractivity contribution is -0.146. The van der Waals surface area contributed by atoms with Crippen LogP contribution in [0.4, 0.5) is 0 Å². The van der Waals surface area contributed by atoms with Gasteiger partial charge in [0.1, 0.15) is 0 Å². The van der Waals surface area contributed by atoms with Gasteiger partial charge >= 0.3 is 5.97 Å². The van der Waals surface area contributed by atoms with Crippen LogP contribution in [0.25, 0.3) is 0 Å². The number of hydrogen-bond acceptors (Lipinski definition) is 3. The van der Waals surface area contributed by atoms with Crippen molar-refractivity contribution in [2.24, 2.45) is 5.41 Å². The summed E-state index contributed by atoms with van der Waals surface area (Å²) in [5.74, 6) is -1.21. The Bertz CT molecular complexity index is 437. The quantitative estimate of drug-likeness (QED) is 0.837. The van der Waals surface area contributed by atoms with Crippen molar-refractivity contribution in [1.82, 2.24) is 5.32 Å². The monoisotopic (exact) mass is 383 g/mol. The molecule has 1 amide bonds. The first kappa shape index (κ1) is 14.7. The van der Waals surface area contributed by atoms with E-state index in [-0.39, 0.29) is 12.5 Å². The van der Waals surface area contributed by atoms with Crippen molar-refractivity contribution < 1.29 is 14.7 Å². The van der Waals surface area contributed by atoms with E-state index in [0.717, 1.165) is 8.26 Å². The van der Waals surface area contributed by atoms with E-state index in [1.165, 1.54) is 11.3 Å². The highest BCUT2D eigenvalue weighted by Gasteiger charge is 2.28. The molecule has 0 aromatic carbocycles. The zero-order chi connectivity index (χ0) is 13.2. The van der Waals surface area contributed by atoms with Crippen LogP contribution < -0.4 is 5.32 Å². The average Bonchev–Trinajstić information content (AvgIpc) is 2.56. The summed E-state index contributed by atoms with van der Waals surface area (Å²) in [6.45, 7) is 3.22. The Morgan fingerprint density at radius 3 is 2.47 bits per heavy atom. The molecule has 0 radical (unpaired) electrons. The number of carboxylic acid groups (broad SMARTS) is 1. The molecule has 17 heavy (non-hydrogen) atoms. The van der Waals surface area contributed by atoms with Gasteiger partial charge in [-0.1, -0.05) is 0 Å². The highest BCUT2D eigenvalue weighted by atomic mass is 79.9. The molecule has 0 aliphatic rings. The zero-order valence-corrected chi connectivity index (χ0v) is 13.2. The van der Waals surface area contributed by atoms with Gasteiger partial charge in [0.2, 0.25) is 0 Å². The van der Waals surface area contributed by atoms with E-state index in [1.54, 1.807) is 19.9 Å². The van der Waals surface area contributed by atoms with Crippen LogP contribution in [0.1, 0.15) is 23.5 Å². The van der Waals surface area contributed by atoms with Crippen molar-refractivity contribution in [2.45, 2.75) is 13.8 Å². The molecular formula is C10H11Br2NO3S. The third-order valence-corrected chi connectivity index (χ3v) is 5.39. The summed E-state index contributed by atoms with van der Waals surface area (Å²) in [6.07, 6.45) is 0. The number of carbonyl (C=O) groups is 2. The number of carbonyl (C=O) groups excluding carboxylic acids is 1. The van der Waals surface area contributed by atoms with Crippen LogP contribution in [-0.2, 0) is 4.79 Å². The first-order valence-electron chi connectivity index (χ1n) is 4.70. The summed E-state index contributed by atoms with van der Waals surface area (Å²) >= 11 is 7.88. The van der Waals surface area contributed by atoms with E-state index in [9.17, 15) is 9.59 Å². The molecule has 1 aromatic heterocycles. The number of hydrogen-bond donors (Lipinski definition) is 2. The molecule has 0 fully saturated rings. The predicted molar refractivity (Wildman–Crippen MR) is 73.5 cm³/mol. The Hall–Kier alpha value is -0.400. The van der Waals surface area contributed by atoms with Crippen molar-refractivity contribution in [1.29, 1.82) is 0 Å². The first-order valence-corrected chi connectivity index (χ1v) is 7.11. The fourth-order valence-electron chi connectivity index (χ4n) is 0.922. The highest BCUT2D eigenvalue weighted by Crippen LogP contribution is 2.32. The van der Waals surface area contributed by atoms with Crippen LogP contribution in [0.3, 0.4) is 0 Å². The van der Waals surface area contributed by atoms with E-state index in [1.807, 2.05) is 0 Å². The van der Waals surface area contributed by atoms with Crippen LogP contribution in [0.15, 0.2) is 14.3 Å². The van der Waals surface area contributed by atoms with E-state index in [0.29, 0.717) is 4.88 Å². The smallest absolute Gasteiger partial charge is 0.310 e. The first-order chi connectivity index (χ1) is 7.74. The maximum Gasteiger partial charge on any atom is 0.310 e. The number of aliphatic carboxylic acids is 1. The predicted octanol–water partition coefficient (Wildman–Crippen LogP) is 3.11. The number of carboxylic acids is 1. The van der Waals surface area contributed by atoms with Gasteiger partial charge in [0.25, 0.3) is 5.91 Å². The molecule has 0 aliphatic heterocycles. The normalized spacial score (nSPS) is 11.3. The van der Waals surface area contributed by atoms with Crippen LogP contribution in [-0.4, -0.2) is 23.5 Å². The minimum absolute atomic E-state index is 0.0916. The third kappa shape index (κ3) is 3.79. The van der Waals surface area contributed by atoms with Gasteiger partial charge in [-0.3, -0.25) is 9.59 Å². The van der Waals surface area contributed by atoms with E-state index in [4.69, 9.17) is 5.11 Å². The lowest BCUT2D eigenvalue weighted by atomic mass is 9.94. The fourth-order valence-corrected chi connectivity index (χ4v) is 2.87. The lowest BCUT2D eigenvalue weighted by Crippen LogP contribution is -2.38. The summed E-state index contributed by atoms with van der Waals surface area (Å²) in [6, 6.07) is 1.69. The van der Waals surface area contributed by atoms with Gasteiger partial charge in [-0.25, -0.2) is 0 Å². The third-order valence-electron chi connectivity index (χ3n) is 2.14. The Morgan fingerprint density at radius 2 is 2.06 bits per heavy atom. The van der Waals surface area contributed by atoms with Gasteiger partial charge in [-0.05, 0) is 51.8 Å². The summed E-state index contributed by atoms with van der Waals surface area (Å²) in [7, 11) is 0. The maximum absolute atomic E-state index is 11.7. The van der Waals surface area contributed by atoms with E-state index < -0.39 is 11.4 Å². The molecule has 0 atom stereocenters. The van der Waals surface area contributed by atoms with Gasteiger partial charge in [-0.2, -0.15) is 0 Å². The van der Waals surface area contributed by atoms with Crippen LogP contribution in [0.2, 0.25) is 0 Å².